The molecule has 0 bridgehead atoms. The molecule has 0 aliphatic carbocycles. The molecular formula is C20H14F4O2. The third kappa shape index (κ3) is 3.64. The van der Waals surface area contributed by atoms with Crippen molar-refractivity contribution in [3.05, 3.63) is 72.8 Å². The molecular weight excluding hydrogens is 348 g/mol. The van der Waals surface area contributed by atoms with Crippen molar-refractivity contribution < 1.29 is 27.0 Å². The summed E-state index contributed by atoms with van der Waals surface area (Å²) in [5.74, 6) is -2.75. The molecule has 0 unspecified atom stereocenters. The van der Waals surface area contributed by atoms with Crippen LogP contribution in [0.25, 0.3) is 21.9 Å². The Morgan fingerprint density at radius 3 is 2.31 bits per heavy atom. The Kier molecular flexibility index (Phi) is 5.11. The Bertz CT molecular complexity index is 937. The molecule has 0 fully saturated rings. The minimum absolute atomic E-state index is 0.00302. The Morgan fingerprint density at radius 1 is 0.962 bits per heavy atom. The van der Waals surface area contributed by atoms with Crippen LogP contribution in [-0.4, -0.2) is 13.2 Å². The number of alkyl halides is 2. The number of hydrogen-bond acceptors (Lipinski definition) is 2. The molecule has 3 rings (SSSR count). The maximum absolute atomic E-state index is 14.3. The lowest BCUT2D eigenvalue weighted by Crippen LogP contribution is -2.06. The molecule has 0 aliphatic heterocycles. The van der Waals surface area contributed by atoms with E-state index >= 15 is 0 Å². The van der Waals surface area contributed by atoms with Gasteiger partial charge in [-0.1, -0.05) is 36.9 Å². The minimum Gasteiger partial charge on any atom is -0.490 e. The van der Waals surface area contributed by atoms with E-state index in [9.17, 15) is 17.6 Å². The van der Waals surface area contributed by atoms with Crippen molar-refractivity contribution in [2.45, 2.75) is 6.61 Å². The lowest BCUT2D eigenvalue weighted by Gasteiger charge is -2.11. The highest BCUT2D eigenvalue weighted by Crippen LogP contribution is 2.33. The lowest BCUT2D eigenvalue weighted by atomic mass is 10.0. The summed E-state index contributed by atoms with van der Waals surface area (Å²) in [6, 6.07) is 12.7. The van der Waals surface area contributed by atoms with Crippen LogP contribution in [0.4, 0.5) is 17.6 Å². The second-order valence-electron chi connectivity index (χ2n) is 5.44. The zero-order valence-electron chi connectivity index (χ0n) is 13.5. The van der Waals surface area contributed by atoms with Gasteiger partial charge in [-0.05, 0) is 40.8 Å². The summed E-state index contributed by atoms with van der Waals surface area (Å²) < 4.78 is 62.1. The van der Waals surface area contributed by atoms with Gasteiger partial charge in [0, 0.05) is 5.39 Å². The molecule has 6 heteroatoms. The fourth-order valence-electron chi connectivity index (χ4n) is 2.59. The van der Waals surface area contributed by atoms with Gasteiger partial charge in [-0.15, -0.1) is 0 Å². The predicted octanol–water partition coefficient (Wildman–Crippen LogP) is 5.95. The molecule has 0 aromatic heterocycles. The van der Waals surface area contributed by atoms with Gasteiger partial charge in [0.1, 0.15) is 12.4 Å². The molecule has 0 saturated carbocycles. The van der Waals surface area contributed by atoms with Gasteiger partial charge in [-0.2, -0.15) is 8.78 Å². The summed E-state index contributed by atoms with van der Waals surface area (Å²) in [7, 11) is 0. The Labute approximate surface area is 147 Å². The first-order valence-electron chi connectivity index (χ1n) is 7.70. The summed E-state index contributed by atoms with van der Waals surface area (Å²) in [6.45, 7) is 0.647. The maximum atomic E-state index is 14.3. The van der Waals surface area contributed by atoms with Gasteiger partial charge in [-0.3, -0.25) is 0 Å². The van der Waals surface area contributed by atoms with Crippen molar-refractivity contribution in [1.29, 1.82) is 0 Å². The number of rotatable bonds is 6. The van der Waals surface area contributed by atoms with Gasteiger partial charge in [-0.25, -0.2) is 8.78 Å². The highest BCUT2D eigenvalue weighted by Gasteiger charge is 2.19. The van der Waals surface area contributed by atoms with Crippen LogP contribution in [0.5, 0.6) is 11.5 Å². The lowest BCUT2D eigenvalue weighted by molar-refractivity contribution is -0.0544. The normalized spacial score (nSPS) is 11.0. The summed E-state index contributed by atoms with van der Waals surface area (Å²) >= 11 is 0. The molecule has 0 saturated heterocycles. The molecule has 0 heterocycles. The molecule has 0 atom stereocenters. The van der Waals surface area contributed by atoms with Crippen molar-refractivity contribution in [3.8, 4) is 22.6 Å². The molecule has 0 spiro atoms. The molecule has 2 nitrogen and oxygen atoms in total. The number of ether oxygens (including phenoxy) is 2. The number of halogens is 4. The van der Waals surface area contributed by atoms with Gasteiger partial charge < -0.3 is 9.47 Å². The zero-order chi connectivity index (χ0) is 18.7. The van der Waals surface area contributed by atoms with Crippen molar-refractivity contribution in [3.63, 3.8) is 0 Å². The van der Waals surface area contributed by atoms with E-state index in [1.54, 1.807) is 42.5 Å². The van der Waals surface area contributed by atoms with E-state index in [0.29, 0.717) is 17.9 Å². The largest absolute Gasteiger partial charge is 0.490 e. The van der Waals surface area contributed by atoms with Crippen molar-refractivity contribution >= 4 is 10.8 Å². The molecule has 26 heavy (non-hydrogen) atoms. The molecule has 0 radical (unpaired) electrons. The Hall–Kier alpha value is -3.02. The van der Waals surface area contributed by atoms with E-state index in [-0.39, 0.29) is 10.8 Å². The van der Waals surface area contributed by atoms with E-state index < -0.39 is 24.0 Å². The zero-order valence-corrected chi connectivity index (χ0v) is 13.5. The quantitative estimate of drug-likeness (QED) is 0.398. The van der Waals surface area contributed by atoms with Gasteiger partial charge in [0.05, 0.1) is 0 Å². The van der Waals surface area contributed by atoms with Crippen molar-refractivity contribution in [2.75, 3.05) is 6.61 Å². The topological polar surface area (TPSA) is 18.5 Å². The van der Waals surface area contributed by atoms with Crippen LogP contribution < -0.4 is 9.47 Å². The standard InChI is InChI=1S/C20H14F4O2/c1-2-9-25-15-6-3-12(4-7-15)13-5-8-16-14(10-13)11-17(21)19(18(16)22)26-20(23)24/h2-8,10-11,20H,1,9H2. The first-order valence-corrected chi connectivity index (χ1v) is 7.70. The monoisotopic (exact) mass is 362 g/mol. The van der Waals surface area contributed by atoms with Gasteiger partial charge in [0.2, 0.25) is 0 Å². The highest BCUT2D eigenvalue weighted by molar-refractivity contribution is 5.89. The fraction of sp³-hybridized carbons (Fsp3) is 0.100. The van der Waals surface area contributed by atoms with Crippen LogP contribution in [0, 0.1) is 11.6 Å². The van der Waals surface area contributed by atoms with Crippen LogP contribution in [-0.2, 0) is 0 Å². The molecule has 0 amide bonds. The fourth-order valence-corrected chi connectivity index (χ4v) is 2.59. The smallest absolute Gasteiger partial charge is 0.387 e. The van der Waals surface area contributed by atoms with E-state index in [1.807, 2.05) is 0 Å². The first kappa shape index (κ1) is 17.8. The third-order valence-electron chi connectivity index (χ3n) is 3.75. The summed E-state index contributed by atoms with van der Waals surface area (Å²) in [6.07, 6.45) is 1.63. The molecule has 134 valence electrons. The Balaban J connectivity index is 1.98. The van der Waals surface area contributed by atoms with E-state index in [0.717, 1.165) is 11.6 Å². The first-order chi connectivity index (χ1) is 12.5. The van der Waals surface area contributed by atoms with Gasteiger partial charge in [0.25, 0.3) is 0 Å². The summed E-state index contributed by atoms with van der Waals surface area (Å²) in [5.41, 5.74) is 1.53. The third-order valence-corrected chi connectivity index (χ3v) is 3.75. The van der Waals surface area contributed by atoms with Crippen molar-refractivity contribution in [1.82, 2.24) is 0 Å². The number of benzene rings is 3. The number of fused-ring (bicyclic) bond motifs is 1. The van der Waals surface area contributed by atoms with Crippen LogP contribution in [0.15, 0.2) is 61.2 Å². The van der Waals surface area contributed by atoms with E-state index in [1.165, 1.54) is 6.07 Å². The average Bonchev–Trinajstić information content (AvgIpc) is 2.63. The van der Waals surface area contributed by atoms with Gasteiger partial charge in [0.15, 0.2) is 17.4 Å². The van der Waals surface area contributed by atoms with Crippen LogP contribution >= 0.6 is 0 Å². The van der Waals surface area contributed by atoms with Crippen LogP contribution in [0.1, 0.15) is 0 Å². The molecule has 3 aromatic rings. The van der Waals surface area contributed by atoms with Crippen LogP contribution in [0.2, 0.25) is 0 Å². The summed E-state index contributed by atoms with van der Waals surface area (Å²) in [5, 5.41) is 0.239. The summed E-state index contributed by atoms with van der Waals surface area (Å²) in [4.78, 5) is 0. The van der Waals surface area contributed by atoms with E-state index in [4.69, 9.17) is 4.74 Å². The molecule has 0 aliphatic rings. The second-order valence-corrected chi connectivity index (χ2v) is 5.44. The highest BCUT2D eigenvalue weighted by atomic mass is 19.3. The SMILES string of the molecule is C=CCOc1ccc(-c2ccc3c(F)c(OC(F)F)c(F)cc3c2)cc1. The molecule has 0 N–H and O–H groups in total. The average molecular weight is 362 g/mol. The minimum atomic E-state index is -3.31. The predicted molar refractivity (Wildman–Crippen MR) is 91.6 cm³/mol. The maximum Gasteiger partial charge on any atom is 0.387 e. The molecule has 3 aromatic carbocycles. The van der Waals surface area contributed by atoms with E-state index in [2.05, 4.69) is 11.3 Å². The van der Waals surface area contributed by atoms with Crippen LogP contribution in [0.3, 0.4) is 0 Å². The Morgan fingerprint density at radius 2 is 1.65 bits per heavy atom. The number of hydrogen-bond donors (Lipinski definition) is 0. The second kappa shape index (κ2) is 7.47. The van der Waals surface area contributed by atoms with Gasteiger partial charge >= 0.3 is 6.61 Å². The van der Waals surface area contributed by atoms with Crippen molar-refractivity contribution in [2.24, 2.45) is 0 Å².